The summed E-state index contributed by atoms with van der Waals surface area (Å²) < 4.78 is 11.8. The van der Waals surface area contributed by atoms with E-state index in [-0.39, 0.29) is 6.10 Å². The van der Waals surface area contributed by atoms with Crippen LogP contribution in [0.15, 0.2) is 22.7 Å². The number of rotatable bonds is 3. The number of aliphatic hydroxyl groups is 1. The second-order valence-electron chi connectivity index (χ2n) is 4.43. The van der Waals surface area contributed by atoms with Crippen LogP contribution >= 0.6 is 15.9 Å². The van der Waals surface area contributed by atoms with Crippen LogP contribution in [-0.4, -0.2) is 24.9 Å². The van der Waals surface area contributed by atoms with Crippen molar-refractivity contribution >= 4 is 15.9 Å². The molecule has 1 fully saturated rings. The molecular formula is C13H17BrO3. The number of aliphatic hydroxyl groups excluding tert-OH is 1. The second-order valence-corrected chi connectivity index (χ2v) is 5.35. The van der Waals surface area contributed by atoms with Crippen molar-refractivity contribution in [2.24, 2.45) is 5.92 Å². The van der Waals surface area contributed by atoms with Crippen LogP contribution in [0.1, 0.15) is 25.0 Å². The molecule has 4 heteroatoms. The van der Waals surface area contributed by atoms with E-state index in [0.29, 0.717) is 11.7 Å². The molecule has 1 aromatic carbocycles. The van der Waals surface area contributed by atoms with Crippen LogP contribution in [-0.2, 0) is 4.74 Å². The molecular weight excluding hydrogens is 284 g/mol. The summed E-state index contributed by atoms with van der Waals surface area (Å²) in [7, 11) is 1.61. The minimum absolute atomic E-state index is 0.141. The fourth-order valence-corrected chi connectivity index (χ4v) is 2.61. The van der Waals surface area contributed by atoms with E-state index in [0.717, 1.165) is 23.1 Å². The first kappa shape index (κ1) is 12.9. The molecule has 94 valence electrons. The minimum Gasteiger partial charge on any atom is -0.496 e. The Balaban J connectivity index is 2.28. The van der Waals surface area contributed by atoms with Crippen molar-refractivity contribution in [3.05, 3.63) is 28.2 Å². The summed E-state index contributed by atoms with van der Waals surface area (Å²) in [5.74, 6) is 1.07. The topological polar surface area (TPSA) is 38.7 Å². The molecule has 1 aliphatic rings. The average molecular weight is 301 g/mol. The van der Waals surface area contributed by atoms with E-state index in [4.69, 9.17) is 9.47 Å². The third-order valence-corrected chi connectivity index (χ3v) is 3.76. The van der Waals surface area contributed by atoms with Gasteiger partial charge in [-0.15, -0.1) is 0 Å². The van der Waals surface area contributed by atoms with Crippen LogP contribution in [0.5, 0.6) is 5.75 Å². The zero-order valence-corrected chi connectivity index (χ0v) is 11.6. The second kappa shape index (κ2) is 5.38. The molecule has 1 saturated heterocycles. The number of benzene rings is 1. The monoisotopic (exact) mass is 300 g/mol. The van der Waals surface area contributed by atoms with E-state index < -0.39 is 6.10 Å². The Morgan fingerprint density at radius 1 is 1.53 bits per heavy atom. The molecule has 0 aromatic heterocycles. The molecule has 0 amide bonds. The molecule has 0 saturated carbocycles. The molecule has 0 radical (unpaired) electrons. The van der Waals surface area contributed by atoms with Crippen molar-refractivity contribution in [1.82, 2.24) is 0 Å². The summed E-state index contributed by atoms with van der Waals surface area (Å²) in [5, 5.41) is 10.4. The van der Waals surface area contributed by atoms with Gasteiger partial charge in [0.15, 0.2) is 0 Å². The van der Waals surface area contributed by atoms with E-state index in [1.807, 2.05) is 18.2 Å². The van der Waals surface area contributed by atoms with Crippen LogP contribution in [0.3, 0.4) is 0 Å². The van der Waals surface area contributed by atoms with Gasteiger partial charge in [0.05, 0.1) is 13.2 Å². The van der Waals surface area contributed by atoms with Gasteiger partial charge in [-0.2, -0.15) is 0 Å². The van der Waals surface area contributed by atoms with E-state index in [9.17, 15) is 5.11 Å². The SMILES string of the molecule is COc1ccc(Br)cc1C(O)C1OCCC1C. The van der Waals surface area contributed by atoms with Gasteiger partial charge in [-0.1, -0.05) is 22.9 Å². The molecule has 3 unspecified atom stereocenters. The fraction of sp³-hybridized carbons (Fsp3) is 0.538. The Kier molecular flexibility index (Phi) is 4.07. The smallest absolute Gasteiger partial charge is 0.124 e. The summed E-state index contributed by atoms with van der Waals surface area (Å²) in [5.41, 5.74) is 0.778. The molecule has 0 aliphatic carbocycles. The minimum atomic E-state index is -0.639. The molecule has 1 aliphatic heterocycles. The van der Waals surface area contributed by atoms with Crippen molar-refractivity contribution in [2.75, 3.05) is 13.7 Å². The van der Waals surface area contributed by atoms with Gasteiger partial charge in [-0.05, 0) is 30.5 Å². The fourth-order valence-electron chi connectivity index (χ4n) is 2.23. The predicted octanol–water partition coefficient (Wildman–Crippen LogP) is 2.92. The number of ether oxygens (including phenoxy) is 2. The number of methoxy groups -OCH3 is 1. The van der Waals surface area contributed by atoms with Crippen LogP contribution < -0.4 is 4.74 Å². The van der Waals surface area contributed by atoms with E-state index in [1.54, 1.807) is 7.11 Å². The Labute approximate surface area is 110 Å². The molecule has 2 rings (SSSR count). The lowest BCUT2D eigenvalue weighted by molar-refractivity contribution is -0.0187. The summed E-state index contributed by atoms with van der Waals surface area (Å²) >= 11 is 3.41. The Hall–Kier alpha value is -0.580. The molecule has 1 heterocycles. The van der Waals surface area contributed by atoms with Gasteiger partial charge in [0, 0.05) is 16.6 Å². The highest BCUT2D eigenvalue weighted by Crippen LogP contribution is 2.36. The first-order valence-corrected chi connectivity index (χ1v) is 6.56. The van der Waals surface area contributed by atoms with Gasteiger partial charge in [0.2, 0.25) is 0 Å². The van der Waals surface area contributed by atoms with Crippen LogP contribution in [0.4, 0.5) is 0 Å². The quantitative estimate of drug-likeness (QED) is 0.933. The van der Waals surface area contributed by atoms with Crippen molar-refractivity contribution in [3.8, 4) is 5.75 Å². The molecule has 3 nitrogen and oxygen atoms in total. The van der Waals surface area contributed by atoms with Crippen LogP contribution in [0, 0.1) is 5.92 Å². The Bertz CT molecular complexity index is 394. The molecule has 3 atom stereocenters. The van der Waals surface area contributed by atoms with Gasteiger partial charge in [0.25, 0.3) is 0 Å². The third kappa shape index (κ3) is 2.64. The van der Waals surface area contributed by atoms with Crippen LogP contribution in [0.25, 0.3) is 0 Å². The lowest BCUT2D eigenvalue weighted by Gasteiger charge is -2.23. The molecule has 0 spiro atoms. The average Bonchev–Trinajstić information content (AvgIpc) is 2.74. The molecule has 1 N–H and O–H groups in total. The van der Waals surface area contributed by atoms with Crippen LogP contribution in [0.2, 0.25) is 0 Å². The summed E-state index contributed by atoms with van der Waals surface area (Å²) in [4.78, 5) is 0. The summed E-state index contributed by atoms with van der Waals surface area (Å²) in [6, 6.07) is 5.63. The maximum Gasteiger partial charge on any atom is 0.124 e. The summed E-state index contributed by atoms with van der Waals surface area (Å²) in [6.45, 7) is 2.82. The Morgan fingerprint density at radius 3 is 2.88 bits per heavy atom. The first-order chi connectivity index (χ1) is 8.13. The highest BCUT2D eigenvalue weighted by molar-refractivity contribution is 9.10. The number of hydrogen-bond donors (Lipinski definition) is 1. The van der Waals surface area contributed by atoms with Gasteiger partial charge < -0.3 is 14.6 Å². The van der Waals surface area contributed by atoms with Gasteiger partial charge in [-0.3, -0.25) is 0 Å². The standard InChI is InChI=1S/C13H17BrO3/c1-8-5-6-17-13(8)12(15)10-7-9(14)3-4-11(10)16-2/h3-4,7-8,12-13,15H,5-6H2,1-2H3. The van der Waals surface area contributed by atoms with Gasteiger partial charge in [-0.25, -0.2) is 0 Å². The van der Waals surface area contributed by atoms with Crippen molar-refractivity contribution in [2.45, 2.75) is 25.6 Å². The first-order valence-electron chi connectivity index (χ1n) is 5.76. The number of hydrogen-bond acceptors (Lipinski definition) is 3. The van der Waals surface area contributed by atoms with E-state index in [2.05, 4.69) is 22.9 Å². The summed E-state index contributed by atoms with van der Waals surface area (Å²) in [6.07, 6.45) is 0.219. The van der Waals surface area contributed by atoms with Gasteiger partial charge >= 0.3 is 0 Å². The van der Waals surface area contributed by atoms with E-state index in [1.165, 1.54) is 0 Å². The number of halogens is 1. The van der Waals surface area contributed by atoms with E-state index >= 15 is 0 Å². The highest BCUT2D eigenvalue weighted by atomic mass is 79.9. The molecule has 17 heavy (non-hydrogen) atoms. The highest BCUT2D eigenvalue weighted by Gasteiger charge is 2.33. The molecule has 0 bridgehead atoms. The zero-order chi connectivity index (χ0) is 12.4. The zero-order valence-electron chi connectivity index (χ0n) is 10.0. The third-order valence-electron chi connectivity index (χ3n) is 3.27. The largest absolute Gasteiger partial charge is 0.496 e. The maximum absolute atomic E-state index is 10.4. The maximum atomic E-state index is 10.4. The van der Waals surface area contributed by atoms with Crippen molar-refractivity contribution in [1.29, 1.82) is 0 Å². The lowest BCUT2D eigenvalue weighted by atomic mass is 9.94. The van der Waals surface area contributed by atoms with Gasteiger partial charge in [0.1, 0.15) is 11.9 Å². The predicted molar refractivity (Wildman–Crippen MR) is 69.2 cm³/mol. The lowest BCUT2D eigenvalue weighted by Crippen LogP contribution is -2.23. The molecule has 1 aromatic rings. The normalized spacial score (nSPS) is 25.9. The van der Waals surface area contributed by atoms with Crippen molar-refractivity contribution in [3.63, 3.8) is 0 Å². The Morgan fingerprint density at radius 2 is 2.29 bits per heavy atom. The van der Waals surface area contributed by atoms with Crippen molar-refractivity contribution < 1.29 is 14.6 Å².